The minimum absolute atomic E-state index is 0.0986. The van der Waals surface area contributed by atoms with E-state index >= 15 is 0 Å². The summed E-state index contributed by atoms with van der Waals surface area (Å²) in [5.74, 6) is 1.00. The molecule has 24 heavy (non-hydrogen) atoms. The van der Waals surface area contributed by atoms with Crippen molar-refractivity contribution in [2.75, 3.05) is 0 Å². The van der Waals surface area contributed by atoms with Crippen LogP contribution in [0, 0.1) is 0 Å². The molecule has 0 saturated heterocycles. The predicted octanol–water partition coefficient (Wildman–Crippen LogP) is 5.78. The first-order valence-corrected chi connectivity index (χ1v) is 8.69. The minimum Gasteiger partial charge on any atom is -0.295 e. The molecule has 126 valence electrons. The van der Waals surface area contributed by atoms with Crippen molar-refractivity contribution in [3.8, 4) is 0 Å². The van der Waals surface area contributed by atoms with E-state index in [1.54, 1.807) is 13.8 Å². The highest BCUT2D eigenvalue weighted by Crippen LogP contribution is 2.38. The van der Waals surface area contributed by atoms with Gasteiger partial charge in [0.1, 0.15) is 0 Å². The lowest BCUT2D eigenvalue weighted by molar-refractivity contribution is 0.100. The van der Waals surface area contributed by atoms with Gasteiger partial charge in [0.2, 0.25) is 0 Å². The molecular weight excluding hydrogens is 296 g/mol. The van der Waals surface area contributed by atoms with Gasteiger partial charge in [-0.2, -0.15) is 0 Å². The quantitative estimate of drug-likeness (QED) is 0.606. The van der Waals surface area contributed by atoms with Crippen LogP contribution < -0.4 is 0 Å². The van der Waals surface area contributed by atoms with Crippen LogP contribution in [0.4, 0.5) is 0 Å². The van der Waals surface area contributed by atoms with E-state index < -0.39 is 0 Å². The summed E-state index contributed by atoms with van der Waals surface area (Å²) >= 11 is 0. The van der Waals surface area contributed by atoms with E-state index in [4.69, 9.17) is 0 Å². The van der Waals surface area contributed by atoms with Crippen molar-refractivity contribution < 1.29 is 9.59 Å². The molecule has 0 bridgehead atoms. The normalized spacial score (nSPS) is 13.3. The SMILES string of the molecule is CC[C@H](c1ccc(C(C)=O)cc1)[C@H](CC)c1ccc(C(C)=O)cc1. The average Bonchev–Trinajstić information content (AvgIpc) is 2.59. The van der Waals surface area contributed by atoms with E-state index in [1.165, 1.54) is 11.1 Å². The summed E-state index contributed by atoms with van der Waals surface area (Å²) in [6.07, 6.45) is 2.07. The van der Waals surface area contributed by atoms with Gasteiger partial charge in [-0.25, -0.2) is 0 Å². The number of ketones is 2. The Morgan fingerprint density at radius 3 is 1.17 bits per heavy atom. The molecule has 0 amide bonds. The van der Waals surface area contributed by atoms with Gasteiger partial charge in [0.25, 0.3) is 0 Å². The molecule has 0 spiro atoms. The number of rotatable bonds is 7. The molecule has 0 aliphatic carbocycles. The number of hydrogen-bond donors (Lipinski definition) is 0. The maximum atomic E-state index is 11.5. The molecule has 2 rings (SSSR count). The third kappa shape index (κ3) is 4.00. The van der Waals surface area contributed by atoms with Gasteiger partial charge in [-0.1, -0.05) is 62.4 Å². The van der Waals surface area contributed by atoms with Gasteiger partial charge in [-0.15, -0.1) is 0 Å². The number of carbonyl (C=O) groups is 2. The first-order chi connectivity index (χ1) is 11.5. The van der Waals surface area contributed by atoms with Crippen LogP contribution in [0.3, 0.4) is 0 Å². The molecule has 0 aliphatic rings. The fraction of sp³-hybridized carbons (Fsp3) is 0.364. The molecule has 2 heteroatoms. The average molecular weight is 322 g/mol. The summed E-state index contributed by atoms with van der Waals surface area (Å²) in [5, 5.41) is 0. The van der Waals surface area contributed by atoms with Crippen LogP contribution in [0.1, 0.15) is 84.2 Å². The Labute approximate surface area is 144 Å². The second-order valence-electron chi connectivity index (χ2n) is 6.39. The van der Waals surface area contributed by atoms with E-state index in [0.29, 0.717) is 11.8 Å². The fourth-order valence-electron chi connectivity index (χ4n) is 3.44. The van der Waals surface area contributed by atoms with Crippen molar-refractivity contribution in [3.63, 3.8) is 0 Å². The van der Waals surface area contributed by atoms with E-state index in [1.807, 2.05) is 24.3 Å². The molecule has 0 saturated carbocycles. The lowest BCUT2D eigenvalue weighted by Gasteiger charge is -2.26. The highest BCUT2D eigenvalue weighted by Gasteiger charge is 2.22. The van der Waals surface area contributed by atoms with Gasteiger partial charge >= 0.3 is 0 Å². The van der Waals surface area contributed by atoms with Crippen LogP contribution in [0.5, 0.6) is 0 Å². The van der Waals surface area contributed by atoms with Gasteiger partial charge in [-0.3, -0.25) is 9.59 Å². The summed E-state index contributed by atoms with van der Waals surface area (Å²) in [6, 6.07) is 16.0. The van der Waals surface area contributed by atoms with Gasteiger partial charge in [-0.05, 0) is 49.7 Å². The number of carbonyl (C=O) groups excluding carboxylic acids is 2. The fourth-order valence-corrected chi connectivity index (χ4v) is 3.44. The van der Waals surface area contributed by atoms with Gasteiger partial charge < -0.3 is 0 Å². The van der Waals surface area contributed by atoms with Gasteiger partial charge in [0, 0.05) is 11.1 Å². The van der Waals surface area contributed by atoms with Crippen LogP contribution in [0.2, 0.25) is 0 Å². The summed E-state index contributed by atoms with van der Waals surface area (Å²) < 4.78 is 0. The standard InChI is InChI=1S/C22H26O2/c1-5-21(19-11-7-17(8-12-19)15(3)23)22(6-2)20-13-9-18(10-14-20)16(4)24/h7-14,21-22H,5-6H2,1-4H3/t21-,22-/m1/s1. The van der Waals surface area contributed by atoms with Crippen molar-refractivity contribution in [1.29, 1.82) is 0 Å². The Kier molecular flexibility index (Phi) is 6.08. The van der Waals surface area contributed by atoms with Crippen molar-refractivity contribution >= 4 is 11.6 Å². The second kappa shape index (κ2) is 8.05. The van der Waals surface area contributed by atoms with E-state index in [-0.39, 0.29) is 11.6 Å². The Hall–Kier alpha value is -2.22. The monoisotopic (exact) mass is 322 g/mol. The topological polar surface area (TPSA) is 34.1 Å². The van der Waals surface area contributed by atoms with Gasteiger partial charge in [0.05, 0.1) is 0 Å². The molecule has 0 aromatic heterocycles. The first-order valence-electron chi connectivity index (χ1n) is 8.69. The van der Waals surface area contributed by atoms with Crippen molar-refractivity contribution in [1.82, 2.24) is 0 Å². The van der Waals surface area contributed by atoms with Crippen LogP contribution >= 0.6 is 0 Å². The molecule has 2 aromatic carbocycles. The highest BCUT2D eigenvalue weighted by molar-refractivity contribution is 5.94. The number of benzene rings is 2. The van der Waals surface area contributed by atoms with E-state index in [9.17, 15) is 9.59 Å². The summed E-state index contributed by atoms with van der Waals surface area (Å²) in [7, 11) is 0. The first kappa shape index (κ1) is 18.1. The van der Waals surface area contributed by atoms with E-state index in [2.05, 4.69) is 38.1 Å². The lowest BCUT2D eigenvalue weighted by atomic mass is 9.78. The van der Waals surface area contributed by atoms with Crippen molar-refractivity contribution in [3.05, 3.63) is 70.8 Å². The zero-order valence-electron chi connectivity index (χ0n) is 15.0. The lowest BCUT2D eigenvalue weighted by Crippen LogP contribution is -2.11. The molecule has 2 aromatic rings. The molecule has 0 aliphatic heterocycles. The molecule has 0 radical (unpaired) electrons. The maximum absolute atomic E-state index is 11.5. The molecule has 2 atom stereocenters. The Balaban J connectivity index is 2.31. The molecule has 2 nitrogen and oxygen atoms in total. The molecule has 0 N–H and O–H groups in total. The largest absolute Gasteiger partial charge is 0.295 e. The molecule has 0 heterocycles. The highest BCUT2D eigenvalue weighted by atomic mass is 16.1. The smallest absolute Gasteiger partial charge is 0.159 e. The Morgan fingerprint density at radius 1 is 0.667 bits per heavy atom. The molecule has 0 unspecified atom stereocenters. The van der Waals surface area contributed by atoms with Crippen molar-refractivity contribution in [2.45, 2.75) is 52.4 Å². The second-order valence-corrected chi connectivity index (χ2v) is 6.39. The Bertz CT molecular complexity index is 632. The predicted molar refractivity (Wildman–Crippen MR) is 99.0 cm³/mol. The minimum atomic E-state index is 0.0986. The number of hydrogen-bond acceptors (Lipinski definition) is 2. The van der Waals surface area contributed by atoms with Crippen LogP contribution in [0.25, 0.3) is 0 Å². The summed E-state index contributed by atoms with van der Waals surface area (Å²) in [4.78, 5) is 22.9. The summed E-state index contributed by atoms with van der Waals surface area (Å²) in [5.41, 5.74) is 4.05. The third-order valence-electron chi connectivity index (χ3n) is 4.86. The maximum Gasteiger partial charge on any atom is 0.159 e. The molecular formula is C22H26O2. The molecule has 0 fully saturated rings. The Morgan fingerprint density at radius 2 is 0.958 bits per heavy atom. The third-order valence-corrected chi connectivity index (χ3v) is 4.86. The van der Waals surface area contributed by atoms with Crippen molar-refractivity contribution in [2.24, 2.45) is 0 Å². The van der Waals surface area contributed by atoms with Crippen LogP contribution in [-0.4, -0.2) is 11.6 Å². The summed E-state index contributed by atoms with van der Waals surface area (Å²) in [6.45, 7) is 7.60. The van der Waals surface area contributed by atoms with E-state index in [0.717, 1.165) is 24.0 Å². The zero-order chi connectivity index (χ0) is 17.7. The number of Topliss-reactive ketones (excluding diaryl/α,β-unsaturated/α-hetero) is 2. The zero-order valence-corrected chi connectivity index (χ0v) is 15.0. The van der Waals surface area contributed by atoms with Crippen LogP contribution in [0.15, 0.2) is 48.5 Å². The van der Waals surface area contributed by atoms with Gasteiger partial charge in [0.15, 0.2) is 11.6 Å². The van der Waals surface area contributed by atoms with Crippen LogP contribution in [-0.2, 0) is 0 Å².